The minimum Gasteiger partial charge on any atom is -0.464 e. The van der Waals surface area contributed by atoms with Crippen LogP contribution >= 0.6 is 0 Å². The number of esters is 1. The molecule has 0 N–H and O–H groups in total. The van der Waals surface area contributed by atoms with Crippen molar-refractivity contribution in [2.45, 2.75) is 25.6 Å². The number of hydroxylamine groups is 2. The number of urea groups is 1. The molecule has 2 amide bonds. The number of carbonyl (C=O) groups excluding carboxylic acids is 2. The molecule has 1 saturated heterocycles. The lowest BCUT2D eigenvalue weighted by atomic mass is 9.88. The molecule has 1 fully saturated rings. The van der Waals surface area contributed by atoms with Crippen molar-refractivity contribution in [2.24, 2.45) is 0 Å². The SMILES string of the molecule is CCOC(=O)[C@H]1c2ccc(-c3ccc(F)cc3)cc2[C@H]2CN1C(=O)N2OCc1ccccc1. The highest BCUT2D eigenvalue weighted by atomic mass is 19.1. The van der Waals surface area contributed by atoms with E-state index >= 15 is 0 Å². The lowest BCUT2D eigenvalue weighted by Gasteiger charge is -2.31. The van der Waals surface area contributed by atoms with E-state index in [1.54, 1.807) is 19.1 Å². The highest BCUT2D eigenvalue weighted by Crippen LogP contribution is 2.45. The zero-order chi connectivity index (χ0) is 22.9. The Hall–Kier alpha value is -3.71. The highest BCUT2D eigenvalue weighted by Gasteiger charge is 2.51. The van der Waals surface area contributed by atoms with Crippen LogP contribution in [0.2, 0.25) is 0 Å². The van der Waals surface area contributed by atoms with E-state index < -0.39 is 12.0 Å². The zero-order valence-electron chi connectivity index (χ0n) is 18.1. The average molecular weight is 446 g/mol. The van der Waals surface area contributed by atoms with Gasteiger partial charge in [-0.2, -0.15) is 5.06 Å². The molecule has 33 heavy (non-hydrogen) atoms. The summed E-state index contributed by atoms with van der Waals surface area (Å²) < 4.78 is 18.7. The Morgan fingerprint density at radius 3 is 2.45 bits per heavy atom. The van der Waals surface area contributed by atoms with Gasteiger partial charge in [0, 0.05) is 0 Å². The maximum atomic E-state index is 13.4. The smallest absolute Gasteiger partial charge is 0.345 e. The van der Waals surface area contributed by atoms with Gasteiger partial charge in [-0.15, -0.1) is 0 Å². The van der Waals surface area contributed by atoms with Crippen molar-refractivity contribution in [1.82, 2.24) is 9.96 Å². The van der Waals surface area contributed by atoms with Gasteiger partial charge in [0.05, 0.1) is 13.2 Å². The maximum absolute atomic E-state index is 13.4. The number of hydrogen-bond donors (Lipinski definition) is 0. The molecule has 2 aliphatic rings. The van der Waals surface area contributed by atoms with Gasteiger partial charge >= 0.3 is 12.0 Å². The molecule has 0 radical (unpaired) electrons. The third kappa shape index (κ3) is 3.85. The predicted octanol–water partition coefficient (Wildman–Crippen LogP) is 5.02. The fourth-order valence-electron chi connectivity index (χ4n) is 4.48. The summed E-state index contributed by atoms with van der Waals surface area (Å²) in [5.41, 5.74) is 4.19. The molecular formula is C26H23FN2O4. The Balaban J connectivity index is 1.53. The molecule has 0 aliphatic carbocycles. The van der Waals surface area contributed by atoms with Gasteiger partial charge in [-0.3, -0.25) is 4.84 Å². The van der Waals surface area contributed by atoms with Crippen molar-refractivity contribution >= 4 is 12.0 Å². The Morgan fingerprint density at radius 2 is 1.73 bits per heavy atom. The molecule has 0 saturated carbocycles. The predicted molar refractivity (Wildman–Crippen MR) is 119 cm³/mol. The lowest BCUT2D eigenvalue weighted by molar-refractivity contribution is -0.149. The molecule has 0 unspecified atom stereocenters. The van der Waals surface area contributed by atoms with E-state index in [0.717, 1.165) is 27.8 Å². The van der Waals surface area contributed by atoms with Gasteiger partial charge in [-0.1, -0.05) is 54.6 Å². The Bertz CT molecular complexity index is 1180. The molecule has 2 bridgehead atoms. The molecule has 2 atom stereocenters. The number of fused-ring (bicyclic) bond motifs is 4. The van der Waals surface area contributed by atoms with Crippen LogP contribution in [-0.4, -0.2) is 35.1 Å². The summed E-state index contributed by atoms with van der Waals surface area (Å²) in [6, 6.07) is 19.9. The average Bonchev–Trinajstić information content (AvgIpc) is 3.11. The highest BCUT2D eigenvalue weighted by molar-refractivity contribution is 5.88. The van der Waals surface area contributed by atoms with Gasteiger partial charge < -0.3 is 9.64 Å². The van der Waals surface area contributed by atoms with Crippen LogP contribution in [0.3, 0.4) is 0 Å². The molecule has 7 heteroatoms. The van der Waals surface area contributed by atoms with Crippen LogP contribution in [0.1, 0.15) is 35.7 Å². The first-order valence-corrected chi connectivity index (χ1v) is 10.9. The summed E-state index contributed by atoms with van der Waals surface area (Å²) in [6.07, 6.45) is 0. The first-order valence-electron chi connectivity index (χ1n) is 10.9. The number of ether oxygens (including phenoxy) is 1. The van der Waals surface area contributed by atoms with E-state index in [1.165, 1.54) is 22.1 Å². The fraction of sp³-hybridized carbons (Fsp3) is 0.231. The van der Waals surface area contributed by atoms with E-state index in [4.69, 9.17) is 9.57 Å². The second-order valence-corrected chi connectivity index (χ2v) is 8.04. The molecule has 0 spiro atoms. The van der Waals surface area contributed by atoms with Crippen LogP contribution in [0.15, 0.2) is 72.8 Å². The first-order chi connectivity index (χ1) is 16.1. The zero-order valence-corrected chi connectivity index (χ0v) is 18.1. The first kappa shape index (κ1) is 21.2. The quantitative estimate of drug-likeness (QED) is 0.499. The van der Waals surface area contributed by atoms with Gasteiger partial charge in [0.25, 0.3) is 0 Å². The number of halogens is 1. The van der Waals surface area contributed by atoms with E-state index in [-0.39, 0.29) is 31.1 Å². The van der Waals surface area contributed by atoms with Gasteiger partial charge in [0.2, 0.25) is 0 Å². The van der Waals surface area contributed by atoms with Crippen molar-refractivity contribution in [3.63, 3.8) is 0 Å². The summed E-state index contributed by atoms with van der Waals surface area (Å²) in [7, 11) is 0. The monoisotopic (exact) mass is 446 g/mol. The maximum Gasteiger partial charge on any atom is 0.345 e. The topological polar surface area (TPSA) is 59.1 Å². The van der Waals surface area contributed by atoms with Gasteiger partial charge in [-0.25, -0.2) is 14.0 Å². The number of carbonyl (C=O) groups is 2. The Morgan fingerprint density at radius 1 is 1.00 bits per heavy atom. The minimum atomic E-state index is -0.837. The standard InChI is InChI=1S/C26H23FN2O4/c1-2-32-25(30)24-21-13-10-19(18-8-11-20(27)12-9-18)14-22(21)23-15-28(24)26(31)29(23)33-16-17-6-4-3-5-7-17/h3-14,23-24H,2,15-16H2,1H3/t23-,24-/m1/s1. The molecule has 2 heterocycles. The summed E-state index contributed by atoms with van der Waals surface area (Å²) in [5, 5.41) is 1.36. The number of nitrogens with zero attached hydrogens (tertiary/aromatic N) is 2. The second-order valence-electron chi connectivity index (χ2n) is 8.04. The van der Waals surface area contributed by atoms with Crippen molar-refractivity contribution in [1.29, 1.82) is 0 Å². The van der Waals surface area contributed by atoms with Crippen LogP contribution < -0.4 is 0 Å². The van der Waals surface area contributed by atoms with Gasteiger partial charge in [0.1, 0.15) is 18.5 Å². The molecule has 168 valence electrons. The van der Waals surface area contributed by atoms with Crippen LogP contribution in [0, 0.1) is 5.82 Å². The van der Waals surface area contributed by atoms with E-state index in [2.05, 4.69) is 0 Å². The van der Waals surface area contributed by atoms with E-state index in [9.17, 15) is 14.0 Å². The van der Waals surface area contributed by atoms with Crippen LogP contribution in [0.25, 0.3) is 11.1 Å². The molecule has 0 aromatic heterocycles. The minimum absolute atomic E-state index is 0.220. The summed E-state index contributed by atoms with van der Waals surface area (Å²) >= 11 is 0. The summed E-state index contributed by atoms with van der Waals surface area (Å²) in [6.45, 7) is 2.51. The largest absolute Gasteiger partial charge is 0.464 e. The van der Waals surface area contributed by atoms with Crippen molar-refractivity contribution < 1.29 is 23.6 Å². The molecule has 3 aromatic rings. The summed E-state index contributed by atoms with van der Waals surface area (Å²) in [4.78, 5) is 33.6. The second kappa shape index (κ2) is 8.67. The Labute approximate surface area is 191 Å². The van der Waals surface area contributed by atoms with Gasteiger partial charge in [-0.05, 0) is 52.9 Å². The third-order valence-corrected chi connectivity index (χ3v) is 6.04. The Kier molecular flexibility index (Phi) is 5.56. The van der Waals surface area contributed by atoms with Crippen molar-refractivity contribution in [2.75, 3.05) is 13.2 Å². The number of rotatable bonds is 6. The number of hydrogen-bond acceptors (Lipinski definition) is 4. The third-order valence-electron chi connectivity index (χ3n) is 6.04. The van der Waals surface area contributed by atoms with Crippen LogP contribution in [0.4, 0.5) is 9.18 Å². The van der Waals surface area contributed by atoms with Crippen LogP contribution in [-0.2, 0) is 21.0 Å². The number of amides is 2. The molecule has 3 aromatic carbocycles. The molecule has 5 rings (SSSR count). The van der Waals surface area contributed by atoms with E-state index in [0.29, 0.717) is 6.54 Å². The molecular weight excluding hydrogens is 423 g/mol. The fourth-order valence-corrected chi connectivity index (χ4v) is 4.48. The number of benzene rings is 3. The normalized spacial score (nSPS) is 18.9. The molecule has 6 nitrogen and oxygen atoms in total. The van der Waals surface area contributed by atoms with Gasteiger partial charge in [0.15, 0.2) is 6.04 Å². The van der Waals surface area contributed by atoms with Crippen molar-refractivity contribution in [3.8, 4) is 11.1 Å². The molecule has 2 aliphatic heterocycles. The van der Waals surface area contributed by atoms with Crippen LogP contribution in [0.5, 0.6) is 0 Å². The van der Waals surface area contributed by atoms with E-state index in [1.807, 2.05) is 48.5 Å². The lowest BCUT2D eigenvalue weighted by Crippen LogP contribution is -2.39. The van der Waals surface area contributed by atoms with Crippen molar-refractivity contribution in [3.05, 3.63) is 95.3 Å². The summed E-state index contributed by atoms with van der Waals surface area (Å²) in [5.74, 6) is -0.776.